The molecule has 0 aliphatic rings. The third-order valence-electron chi connectivity index (χ3n) is 8.74. The van der Waals surface area contributed by atoms with Crippen LogP contribution in [0.25, 0.3) is 10.2 Å². The lowest BCUT2D eigenvalue weighted by molar-refractivity contribution is -0.137. The predicted octanol–water partition coefficient (Wildman–Crippen LogP) is 9.48. The van der Waals surface area contributed by atoms with Gasteiger partial charge in [-0.2, -0.15) is 0 Å². The quantitative estimate of drug-likeness (QED) is 0.0377. The first kappa shape index (κ1) is 38.7. The summed E-state index contributed by atoms with van der Waals surface area (Å²) in [7, 11) is 0. The standard InChI is InChI=1S/C43H46N2O7S/c1-6-9-23-45(43-44-36-13-10-11-14-39(36)53-43)34(7-2)28-33-27-32(42(48)51-37-21-15-29(4)26-30(37)5)18-22-38(33)52-41(47)31-16-19-35(20-17-31)49-24-12-25-50-40(46)8-3/h8,10-11,13-22,26-27,34H,3,6-7,9,12,23-25,28H2,1-2,4-5H3. The van der Waals surface area contributed by atoms with Crippen molar-refractivity contribution in [3.63, 3.8) is 0 Å². The van der Waals surface area contributed by atoms with Crippen LogP contribution < -0.4 is 19.1 Å². The number of esters is 3. The van der Waals surface area contributed by atoms with Crippen molar-refractivity contribution in [2.45, 2.75) is 65.8 Å². The summed E-state index contributed by atoms with van der Waals surface area (Å²) in [5.41, 5.74) is 4.30. The maximum Gasteiger partial charge on any atom is 0.343 e. The minimum Gasteiger partial charge on any atom is -0.493 e. The van der Waals surface area contributed by atoms with Crippen LogP contribution in [0.1, 0.15) is 76.9 Å². The van der Waals surface area contributed by atoms with Crippen LogP contribution in [0.5, 0.6) is 17.2 Å². The van der Waals surface area contributed by atoms with Gasteiger partial charge < -0.3 is 23.8 Å². The minimum absolute atomic E-state index is 0.00176. The van der Waals surface area contributed by atoms with E-state index in [1.54, 1.807) is 59.9 Å². The average Bonchev–Trinajstić information content (AvgIpc) is 3.60. The van der Waals surface area contributed by atoms with E-state index in [0.29, 0.717) is 53.4 Å². The third kappa shape index (κ3) is 10.5. The molecule has 1 aromatic heterocycles. The molecule has 0 spiro atoms. The number of aromatic nitrogens is 1. The lowest BCUT2D eigenvalue weighted by atomic mass is 9.99. The van der Waals surface area contributed by atoms with E-state index < -0.39 is 17.9 Å². The fourth-order valence-corrected chi connectivity index (χ4v) is 6.90. The Morgan fingerprint density at radius 1 is 0.849 bits per heavy atom. The molecule has 0 N–H and O–H groups in total. The van der Waals surface area contributed by atoms with Gasteiger partial charge in [0.25, 0.3) is 0 Å². The van der Waals surface area contributed by atoms with E-state index in [0.717, 1.165) is 58.4 Å². The number of nitrogens with zero attached hydrogens (tertiary/aromatic N) is 2. The minimum atomic E-state index is -0.540. The zero-order chi connectivity index (χ0) is 37.7. The first-order chi connectivity index (χ1) is 25.7. The highest BCUT2D eigenvalue weighted by molar-refractivity contribution is 7.22. The molecule has 1 atom stereocenters. The van der Waals surface area contributed by atoms with Crippen molar-refractivity contribution in [3.8, 4) is 17.2 Å². The van der Waals surface area contributed by atoms with Crippen molar-refractivity contribution in [3.05, 3.63) is 125 Å². The van der Waals surface area contributed by atoms with Gasteiger partial charge in [-0.3, -0.25) is 0 Å². The molecule has 1 heterocycles. The maximum atomic E-state index is 13.5. The molecule has 1 unspecified atom stereocenters. The van der Waals surface area contributed by atoms with Crippen LogP contribution in [0.4, 0.5) is 5.13 Å². The molecule has 53 heavy (non-hydrogen) atoms. The number of para-hydroxylation sites is 1. The highest BCUT2D eigenvalue weighted by Gasteiger charge is 2.25. The molecule has 9 nitrogen and oxygen atoms in total. The second-order valence-corrected chi connectivity index (χ2v) is 13.8. The van der Waals surface area contributed by atoms with Gasteiger partial charge >= 0.3 is 17.9 Å². The molecule has 276 valence electrons. The van der Waals surface area contributed by atoms with E-state index in [-0.39, 0.29) is 12.6 Å². The van der Waals surface area contributed by atoms with Crippen molar-refractivity contribution >= 4 is 44.6 Å². The number of fused-ring (bicyclic) bond motifs is 1. The molecule has 0 saturated heterocycles. The van der Waals surface area contributed by atoms with Gasteiger partial charge in [-0.15, -0.1) is 0 Å². The Bertz CT molecular complexity index is 2010. The summed E-state index contributed by atoms with van der Waals surface area (Å²) < 4.78 is 23.7. The Balaban J connectivity index is 1.39. The van der Waals surface area contributed by atoms with Crippen LogP contribution in [0.3, 0.4) is 0 Å². The zero-order valence-electron chi connectivity index (χ0n) is 30.8. The Hall–Kier alpha value is -5.48. The number of hydrogen-bond acceptors (Lipinski definition) is 10. The normalized spacial score (nSPS) is 11.5. The highest BCUT2D eigenvalue weighted by Crippen LogP contribution is 2.33. The lowest BCUT2D eigenvalue weighted by Crippen LogP contribution is -2.37. The number of benzene rings is 4. The van der Waals surface area contributed by atoms with Crippen LogP contribution in [0.2, 0.25) is 0 Å². The molecule has 0 radical (unpaired) electrons. The monoisotopic (exact) mass is 734 g/mol. The number of ether oxygens (including phenoxy) is 4. The molecule has 0 fully saturated rings. The van der Waals surface area contributed by atoms with Crippen molar-refractivity contribution < 1.29 is 33.3 Å². The van der Waals surface area contributed by atoms with E-state index in [4.69, 9.17) is 23.9 Å². The average molecular weight is 735 g/mol. The van der Waals surface area contributed by atoms with Gasteiger partial charge in [0, 0.05) is 25.1 Å². The summed E-state index contributed by atoms with van der Waals surface area (Å²) in [6, 6.07) is 25.5. The molecule has 0 bridgehead atoms. The van der Waals surface area contributed by atoms with E-state index in [2.05, 4.69) is 31.4 Å². The van der Waals surface area contributed by atoms with Gasteiger partial charge in [0.05, 0.1) is 34.6 Å². The van der Waals surface area contributed by atoms with Gasteiger partial charge in [-0.25, -0.2) is 19.4 Å². The number of aryl methyl sites for hydroxylation is 2. The number of unbranched alkanes of at least 4 members (excludes halogenated alkanes) is 1. The number of hydrogen-bond donors (Lipinski definition) is 0. The van der Waals surface area contributed by atoms with Gasteiger partial charge in [0.15, 0.2) is 5.13 Å². The Kier molecular flexibility index (Phi) is 13.8. The predicted molar refractivity (Wildman–Crippen MR) is 210 cm³/mol. The van der Waals surface area contributed by atoms with E-state index in [1.807, 2.05) is 44.2 Å². The van der Waals surface area contributed by atoms with Crippen LogP contribution in [-0.2, 0) is 16.0 Å². The summed E-state index contributed by atoms with van der Waals surface area (Å²) in [6.45, 7) is 12.9. The number of carbonyl (C=O) groups is 3. The summed E-state index contributed by atoms with van der Waals surface area (Å²) >= 11 is 1.67. The first-order valence-corrected chi connectivity index (χ1v) is 18.8. The van der Waals surface area contributed by atoms with Crippen LogP contribution in [0.15, 0.2) is 97.6 Å². The molecule has 0 aliphatic heterocycles. The molecular formula is C43H46N2O7S. The van der Waals surface area contributed by atoms with E-state index in [9.17, 15) is 14.4 Å². The highest BCUT2D eigenvalue weighted by atomic mass is 32.1. The first-order valence-electron chi connectivity index (χ1n) is 18.0. The number of carbonyl (C=O) groups excluding carboxylic acids is 3. The Morgan fingerprint density at radius 2 is 1.57 bits per heavy atom. The van der Waals surface area contributed by atoms with Gasteiger partial charge in [0.1, 0.15) is 17.2 Å². The molecule has 10 heteroatoms. The van der Waals surface area contributed by atoms with E-state index >= 15 is 0 Å². The number of anilines is 1. The fourth-order valence-electron chi connectivity index (χ4n) is 5.84. The number of thiazole rings is 1. The van der Waals surface area contributed by atoms with Crippen LogP contribution in [0, 0.1) is 13.8 Å². The van der Waals surface area contributed by atoms with Crippen molar-refractivity contribution in [2.75, 3.05) is 24.7 Å². The molecule has 4 aromatic carbocycles. The SMILES string of the molecule is C=CC(=O)OCCCOc1ccc(C(=O)Oc2ccc(C(=O)Oc3ccc(C)cc3C)cc2CC(CC)N(CCCC)c2nc3ccccc3s2)cc1. The molecular weight excluding hydrogens is 689 g/mol. The van der Waals surface area contributed by atoms with Crippen LogP contribution >= 0.6 is 11.3 Å². The molecule has 0 saturated carbocycles. The third-order valence-corrected chi connectivity index (χ3v) is 9.81. The molecule has 5 rings (SSSR count). The van der Waals surface area contributed by atoms with Crippen molar-refractivity contribution in [1.29, 1.82) is 0 Å². The van der Waals surface area contributed by atoms with Crippen molar-refractivity contribution in [1.82, 2.24) is 4.98 Å². The van der Waals surface area contributed by atoms with Gasteiger partial charge in [-0.05, 0) is 105 Å². The zero-order valence-corrected chi connectivity index (χ0v) is 31.6. The summed E-state index contributed by atoms with van der Waals surface area (Å²) in [6.07, 6.45) is 4.93. The lowest BCUT2D eigenvalue weighted by Gasteiger charge is -2.31. The Labute approximate surface area is 315 Å². The summed E-state index contributed by atoms with van der Waals surface area (Å²) in [4.78, 5) is 45.6. The molecule has 0 aliphatic carbocycles. The number of rotatable bonds is 18. The Morgan fingerprint density at radius 3 is 2.28 bits per heavy atom. The second-order valence-electron chi connectivity index (χ2n) is 12.7. The van der Waals surface area contributed by atoms with Crippen LogP contribution in [-0.4, -0.2) is 48.7 Å². The van der Waals surface area contributed by atoms with E-state index in [1.165, 1.54) is 0 Å². The molecule has 0 amide bonds. The second kappa shape index (κ2) is 18.8. The largest absolute Gasteiger partial charge is 0.493 e. The fraction of sp³-hybridized carbons (Fsp3) is 0.302. The summed E-state index contributed by atoms with van der Waals surface area (Å²) in [5, 5.41) is 0.940. The molecule has 5 aromatic rings. The van der Waals surface area contributed by atoms with Gasteiger partial charge in [0.2, 0.25) is 0 Å². The smallest absolute Gasteiger partial charge is 0.343 e. The topological polar surface area (TPSA) is 104 Å². The van der Waals surface area contributed by atoms with Gasteiger partial charge in [-0.1, -0.05) is 68.0 Å². The summed E-state index contributed by atoms with van der Waals surface area (Å²) in [5.74, 6) is -0.0822. The maximum absolute atomic E-state index is 13.5. The van der Waals surface area contributed by atoms with Crippen molar-refractivity contribution in [2.24, 2.45) is 0 Å².